The Hall–Kier alpha value is -2.67. The number of primary amides is 1. The third-order valence-corrected chi connectivity index (χ3v) is 4.19. The molecule has 1 aliphatic heterocycles. The van der Waals surface area contributed by atoms with Crippen LogP contribution in [0.15, 0.2) is 36.5 Å². The first kappa shape index (κ1) is 16.2. The van der Waals surface area contributed by atoms with Crippen LogP contribution in [-0.4, -0.2) is 36.7 Å². The number of hydrogen-bond donors (Lipinski definition) is 3. The van der Waals surface area contributed by atoms with Gasteiger partial charge in [0.25, 0.3) is 5.91 Å². The smallest absolute Gasteiger partial charge is 0.408 e. The molecule has 24 heavy (non-hydrogen) atoms. The standard InChI is InChI=1S/C17H20N4O3/c18-14(22)10-24-17(23)21-15(12-5-7-19-9-12)16-13-4-2-1-3-11(13)6-8-20-16/h1-4,6,8,12,15,19H,5,7,9-10H2,(H2,18,22)(H,21,23). The summed E-state index contributed by atoms with van der Waals surface area (Å²) in [7, 11) is 0. The van der Waals surface area contributed by atoms with Gasteiger partial charge in [0.15, 0.2) is 6.61 Å². The highest BCUT2D eigenvalue weighted by molar-refractivity contribution is 5.85. The van der Waals surface area contributed by atoms with Gasteiger partial charge in [0.05, 0.1) is 11.7 Å². The Labute approximate surface area is 139 Å². The Morgan fingerprint density at radius 3 is 2.96 bits per heavy atom. The second kappa shape index (κ2) is 7.27. The number of fused-ring (bicyclic) bond motifs is 1. The van der Waals surface area contributed by atoms with Crippen molar-refractivity contribution >= 4 is 22.8 Å². The quantitative estimate of drug-likeness (QED) is 0.762. The summed E-state index contributed by atoms with van der Waals surface area (Å²) in [5, 5.41) is 8.20. The molecule has 126 valence electrons. The predicted octanol–water partition coefficient (Wildman–Crippen LogP) is 1.10. The minimum atomic E-state index is -0.687. The number of alkyl carbamates (subject to hydrolysis) is 1. The fourth-order valence-corrected chi connectivity index (χ4v) is 3.07. The van der Waals surface area contributed by atoms with E-state index in [-0.39, 0.29) is 12.0 Å². The number of ether oxygens (including phenoxy) is 1. The highest BCUT2D eigenvalue weighted by Crippen LogP contribution is 2.30. The van der Waals surface area contributed by atoms with E-state index in [4.69, 9.17) is 10.5 Å². The third kappa shape index (κ3) is 3.62. The van der Waals surface area contributed by atoms with Gasteiger partial charge in [0.2, 0.25) is 0 Å². The molecule has 2 aromatic rings. The molecule has 1 fully saturated rings. The number of carbonyl (C=O) groups is 2. The predicted molar refractivity (Wildman–Crippen MR) is 89.1 cm³/mol. The van der Waals surface area contributed by atoms with Crippen LogP contribution in [0, 0.1) is 5.92 Å². The van der Waals surface area contributed by atoms with Crippen LogP contribution in [0.25, 0.3) is 10.8 Å². The molecule has 2 unspecified atom stereocenters. The van der Waals surface area contributed by atoms with Crippen LogP contribution < -0.4 is 16.4 Å². The Morgan fingerprint density at radius 2 is 2.21 bits per heavy atom. The maximum Gasteiger partial charge on any atom is 0.408 e. The lowest BCUT2D eigenvalue weighted by molar-refractivity contribution is -0.120. The lowest BCUT2D eigenvalue weighted by Gasteiger charge is -2.24. The molecule has 2 atom stereocenters. The van der Waals surface area contributed by atoms with Crippen LogP contribution in [0.2, 0.25) is 0 Å². The summed E-state index contributed by atoms with van der Waals surface area (Å²) in [5.41, 5.74) is 5.82. The Balaban J connectivity index is 1.89. The lowest BCUT2D eigenvalue weighted by Crippen LogP contribution is -2.36. The number of rotatable bonds is 5. The Bertz CT molecular complexity index is 738. The van der Waals surface area contributed by atoms with Gasteiger partial charge < -0.3 is 21.1 Å². The average Bonchev–Trinajstić information content (AvgIpc) is 3.12. The minimum Gasteiger partial charge on any atom is -0.439 e. The van der Waals surface area contributed by atoms with E-state index in [1.165, 1.54) is 0 Å². The third-order valence-electron chi connectivity index (χ3n) is 4.19. The molecule has 0 aliphatic carbocycles. The van der Waals surface area contributed by atoms with Crippen molar-refractivity contribution in [2.75, 3.05) is 19.7 Å². The number of hydrogen-bond acceptors (Lipinski definition) is 5. The molecule has 1 aliphatic rings. The summed E-state index contributed by atoms with van der Waals surface area (Å²) in [5.74, 6) is -0.489. The number of pyridine rings is 1. The van der Waals surface area contributed by atoms with Crippen LogP contribution in [0.1, 0.15) is 18.2 Å². The number of aromatic nitrogens is 1. The number of nitrogens with zero attached hydrogens (tertiary/aromatic N) is 1. The van der Waals surface area contributed by atoms with E-state index in [2.05, 4.69) is 15.6 Å². The van der Waals surface area contributed by atoms with Gasteiger partial charge in [-0.15, -0.1) is 0 Å². The van der Waals surface area contributed by atoms with Gasteiger partial charge >= 0.3 is 6.09 Å². The van der Waals surface area contributed by atoms with E-state index in [0.717, 1.165) is 36.0 Å². The van der Waals surface area contributed by atoms with Crippen molar-refractivity contribution in [2.45, 2.75) is 12.5 Å². The topological polar surface area (TPSA) is 106 Å². The van der Waals surface area contributed by atoms with Crippen LogP contribution in [-0.2, 0) is 9.53 Å². The summed E-state index contributed by atoms with van der Waals surface area (Å²) < 4.78 is 4.85. The molecule has 3 rings (SSSR count). The molecule has 1 aromatic carbocycles. The van der Waals surface area contributed by atoms with Gasteiger partial charge in [-0.2, -0.15) is 0 Å². The van der Waals surface area contributed by atoms with Crippen molar-refractivity contribution in [1.29, 1.82) is 0 Å². The number of amides is 2. The second-order valence-electron chi connectivity index (χ2n) is 5.83. The monoisotopic (exact) mass is 328 g/mol. The van der Waals surface area contributed by atoms with Crippen molar-refractivity contribution in [3.63, 3.8) is 0 Å². The van der Waals surface area contributed by atoms with Gasteiger partial charge in [-0.25, -0.2) is 4.79 Å². The van der Waals surface area contributed by atoms with Crippen LogP contribution in [0.3, 0.4) is 0 Å². The van der Waals surface area contributed by atoms with Gasteiger partial charge in [-0.3, -0.25) is 9.78 Å². The summed E-state index contributed by atoms with van der Waals surface area (Å²) in [6.07, 6.45) is 2.00. The van der Waals surface area contributed by atoms with Crippen molar-refractivity contribution < 1.29 is 14.3 Å². The van der Waals surface area contributed by atoms with Crippen LogP contribution >= 0.6 is 0 Å². The summed E-state index contributed by atoms with van der Waals surface area (Å²) >= 11 is 0. The molecule has 7 nitrogen and oxygen atoms in total. The normalized spacial score (nSPS) is 18.2. The highest BCUT2D eigenvalue weighted by atomic mass is 16.6. The van der Waals surface area contributed by atoms with Crippen molar-refractivity contribution in [3.8, 4) is 0 Å². The number of nitrogens with one attached hydrogen (secondary N) is 2. The van der Waals surface area contributed by atoms with E-state index in [1.807, 2.05) is 30.3 Å². The Morgan fingerprint density at radius 1 is 1.38 bits per heavy atom. The van der Waals surface area contributed by atoms with Crippen molar-refractivity contribution in [2.24, 2.45) is 11.7 Å². The van der Waals surface area contributed by atoms with Gasteiger partial charge in [0, 0.05) is 18.1 Å². The first-order valence-electron chi connectivity index (χ1n) is 7.91. The van der Waals surface area contributed by atoms with E-state index in [0.29, 0.717) is 0 Å². The molecule has 2 amide bonds. The largest absolute Gasteiger partial charge is 0.439 e. The zero-order valence-corrected chi connectivity index (χ0v) is 13.2. The average molecular weight is 328 g/mol. The minimum absolute atomic E-state index is 0.199. The van der Waals surface area contributed by atoms with E-state index in [9.17, 15) is 9.59 Å². The SMILES string of the molecule is NC(=O)COC(=O)NC(c1nccc2ccccc12)C1CCNC1. The van der Waals surface area contributed by atoms with Crippen LogP contribution in [0.4, 0.5) is 4.79 Å². The van der Waals surface area contributed by atoms with Gasteiger partial charge in [0.1, 0.15) is 0 Å². The lowest BCUT2D eigenvalue weighted by atomic mass is 9.93. The van der Waals surface area contributed by atoms with Crippen LogP contribution in [0.5, 0.6) is 0 Å². The number of nitrogens with two attached hydrogens (primary N) is 1. The zero-order chi connectivity index (χ0) is 16.9. The maximum atomic E-state index is 12.0. The molecule has 1 saturated heterocycles. The number of carbonyl (C=O) groups excluding carboxylic acids is 2. The van der Waals surface area contributed by atoms with E-state index < -0.39 is 18.6 Å². The fraction of sp³-hybridized carbons (Fsp3) is 0.353. The Kier molecular flexibility index (Phi) is 4.90. The molecular formula is C17H20N4O3. The summed E-state index contributed by atoms with van der Waals surface area (Å²) in [6.45, 7) is 1.24. The molecule has 2 heterocycles. The summed E-state index contributed by atoms with van der Waals surface area (Å²) in [6, 6.07) is 9.55. The molecule has 4 N–H and O–H groups in total. The highest BCUT2D eigenvalue weighted by Gasteiger charge is 2.30. The van der Waals surface area contributed by atoms with Gasteiger partial charge in [-0.1, -0.05) is 24.3 Å². The van der Waals surface area contributed by atoms with E-state index >= 15 is 0 Å². The van der Waals surface area contributed by atoms with E-state index in [1.54, 1.807) is 6.20 Å². The molecule has 0 radical (unpaired) electrons. The molecule has 0 saturated carbocycles. The first-order chi connectivity index (χ1) is 11.6. The second-order valence-corrected chi connectivity index (χ2v) is 5.83. The van der Waals surface area contributed by atoms with Crippen molar-refractivity contribution in [3.05, 3.63) is 42.2 Å². The zero-order valence-electron chi connectivity index (χ0n) is 13.2. The maximum absolute atomic E-state index is 12.0. The van der Waals surface area contributed by atoms with Crippen molar-refractivity contribution in [1.82, 2.24) is 15.6 Å². The molecule has 1 aromatic heterocycles. The number of benzene rings is 1. The summed E-state index contributed by atoms with van der Waals surface area (Å²) in [4.78, 5) is 27.3. The molecular weight excluding hydrogens is 308 g/mol. The molecule has 0 bridgehead atoms. The first-order valence-corrected chi connectivity index (χ1v) is 7.91. The fourth-order valence-electron chi connectivity index (χ4n) is 3.07. The van der Waals surface area contributed by atoms with Gasteiger partial charge in [-0.05, 0) is 30.3 Å². The molecule has 0 spiro atoms. The molecule has 7 heteroatoms.